The number of anilines is 1. The quantitative estimate of drug-likeness (QED) is 0.716. The lowest BCUT2D eigenvalue weighted by molar-refractivity contribution is 0.178. The van der Waals surface area contributed by atoms with Crippen LogP contribution >= 0.6 is 15.9 Å². The van der Waals surface area contributed by atoms with Crippen molar-refractivity contribution in [1.82, 2.24) is 4.98 Å². The molecule has 4 nitrogen and oxygen atoms in total. The first kappa shape index (κ1) is 15.1. The summed E-state index contributed by atoms with van der Waals surface area (Å²) in [5.41, 5.74) is 1.93. The van der Waals surface area contributed by atoms with Crippen LogP contribution in [-0.4, -0.2) is 18.7 Å². The number of ether oxygens (including phenoxy) is 1. The van der Waals surface area contributed by atoms with E-state index in [1.54, 1.807) is 13.3 Å². The number of aromatic nitrogens is 1. The van der Waals surface area contributed by atoms with Crippen LogP contribution in [0.4, 0.5) is 5.69 Å². The van der Waals surface area contributed by atoms with Crippen molar-refractivity contribution in [2.75, 3.05) is 19.0 Å². The molecule has 0 aliphatic heterocycles. The molecule has 0 aliphatic carbocycles. The van der Waals surface area contributed by atoms with Gasteiger partial charge in [0, 0.05) is 28.9 Å². The summed E-state index contributed by atoms with van der Waals surface area (Å²) in [6.07, 6.45) is 1.80. The summed E-state index contributed by atoms with van der Waals surface area (Å²) in [5.74, 6) is 1.75. The predicted octanol–water partition coefficient (Wildman–Crippen LogP) is 4.70. The van der Waals surface area contributed by atoms with E-state index in [0.29, 0.717) is 6.61 Å². The molecule has 0 bridgehead atoms. The number of halogens is 1. The maximum Gasteiger partial charge on any atom is 0.128 e. The average Bonchev–Trinajstić information content (AvgIpc) is 2.94. The zero-order chi connectivity index (χ0) is 15.5. The highest BCUT2D eigenvalue weighted by Crippen LogP contribution is 2.30. The number of para-hydroxylation sites is 1. The van der Waals surface area contributed by atoms with Crippen LogP contribution in [0.15, 0.2) is 51.5 Å². The van der Waals surface area contributed by atoms with E-state index in [4.69, 9.17) is 9.15 Å². The molecule has 0 radical (unpaired) electrons. The van der Waals surface area contributed by atoms with Crippen LogP contribution < -0.4 is 5.32 Å². The Bertz CT molecular complexity index is 785. The molecule has 1 aromatic carbocycles. The first-order valence-electron chi connectivity index (χ1n) is 7.04. The largest absolute Gasteiger partial charge is 0.464 e. The summed E-state index contributed by atoms with van der Waals surface area (Å²) < 4.78 is 12.0. The first-order chi connectivity index (χ1) is 10.7. The van der Waals surface area contributed by atoms with E-state index in [0.717, 1.165) is 32.6 Å². The van der Waals surface area contributed by atoms with Crippen molar-refractivity contribution in [1.29, 1.82) is 0 Å². The first-order valence-corrected chi connectivity index (χ1v) is 7.83. The Labute approximate surface area is 137 Å². The van der Waals surface area contributed by atoms with Gasteiger partial charge in [-0.2, -0.15) is 0 Å². The molecule has 3 rings (SSSR count). The fourth-order valence-electron chi connectivity index (χ4n) is 2.46. The Morgan fingerprint density at radius 1 is 1.27 bits per heavy atom. The van der Waals surface area contributed by atoms with Crippen molar-refractivity contribution < 1.29 is 9.15 Å². The van der Waals surface area contributed by atoms with Crippen molar-refractivity contribution in [2.24, 2.45) is 0 Å². The molecule has 5 heteroatoms. The third kappa shape index (κ3) is 3.00. The average molecular weight is 361 g/mol. The van der Waals surface area contributed by atoms with Crippen LogP contribution in [0.5, 0.6) is 0 Å². The molecular weight excluding hydrogens is 344 g/mol. The molecule has 2 heterocycles. The van der Waals surface area contributed by atoms with Crippen LogP contribution in [0.2, 0.25) is 0 Å². The second kappa shape index (κ2) is 6.50. The Morgan fingerprint density at radius 3 is 2.86 bits per heavy atom. The van der Waals surface area contributed by atoms with E-state index in [2.05, 4.69) is 26.2 Å². The van der Waals surface area contributed by atoms with Crippen LogP contribution in [0.25, 0.3) is 10.9 Å². The third-order valence-corrected chi connectivity index (χ3v) is 4.13. The van der Waals surface area contributed by atoms with E-state index < -0.39 is 0 Å². The fourth-order valence-corrected chi connectivity index (χ4v) is 2.92. The van der Waals surface area contributed by atoms with Gasteiger partial charge in [-0.05, 0) is 47.1 Å². The van der Waals surface area contributed by atoms with Crippen LogP contribution in [-0.2, 0) is 4.74 Å². The number of methoxy groups -OCH3 is 1. The topological polar surface area (TPSA) is 47.3 Å². The van der Waals surface area contributed by atoms with Gasteiger partial charge < -0.3 is 14.5 Å². The van der Waals surface area contributed by atoms with Crippen LogP contribution in [0, 0.1) is 6.92 Å². The SMILES string of the molecule is COCC(Nc1ccnc2c(Br)cccc12)c1ccc(C)o1. The van der Waals surface area contributed by atoms with E-state index >= 15 is 0 Å². The van der Waals surface area contributed by atoms with E-state index in [9.17, 15) is 0 Å². The lowest BCUT2D eigenvalue weighted by Crippen LogP contribution is -2.16. The van der Waals surface area contributed by atoms with E-state index in [1.807, 2.05) is 43.3 Å². The molecule has 0 aliphatic rings. The van der Waals surface area contributed by atoms with Crippen molar-refractivity contribution in [3.05, 3.63) is 58.6 Å². The van der Waals surface area contributed by atoms with Gasteiger partial charge >= 0.3 is 0 Å². The standard InChI is InChI=1S/C17H17BrN2O2/c1-11-6-7-16(22-11)15(10-21-2)20-14-8-9-19-17-12(14)4-3-5-13(17)18/h3-9,15H,10H2,1-2H3,(H,19,20). The lowest BCUT2D eigenvalue weighted by Gasteiger charge is -2.18. The van der Waals surface area contributed by atoms with Gasteiger partial charge in [-0.1, -0.05) is 12.1 Å². The highest BCUT2D eigenvalue weighted by Gasteiger charge is 2.16. The molecule has 22 heavy (non-hydrogen) atoms. The fraction of sp³-hybridized carbons (Fsp3) is 0.235. The molecule has 1 unspecified atom stereocenters. The number of fused-ring (bicyclic) bond motifs is 1. The number of hydrogen-bond acceptors (Lipinski definition) is 4. The normalized spacial score (nSPS) is 12.5. The van der Waals surface area contributed by atoms with Gasteiger partial charge in [0.1, 0.15) is 17.6 Å². The maximum absolute atomic E-state index is 5.74. The van der Waals surface area contributed by atoms with Gasteiger partial charge in [0.05, 0.1) is 12.1 Å². The summed E-state index contributed by atoms with van der Waals surface area (Å²) >= 11 is 3.54. The molecule has 1 N–H and O–H groups in total. The summed E-state index contributed by atoms with van der Waals surface area (Å²) in [7, 11) is 1.69. The summed E-state index contributed by atoms with van der Waals surface area (Å²) in [6, 6.07) is 11.9. The van der Waals surface area contributed by atoms with Gasteiger partial charge in [0.15, 0.2) is 0 Å². The molecule has 0 amide bonds. The molecule has 0 saturated carbocycles. The summed E-state index contributed by atoms with van der Waals surface area (Å²) in [6.45, 7) is 2.46. The number of furan rings is 1. The summed E-state index contributed by atoms with van der Waals surface area (Å²) in [5, 5.41) is 4.56. The Balaban J connectivity index is 1.98. The maximum atomic E-state index is 5.74. The minimum Gasteiger partial charge on any atom is -0.464 e. The number of rotatable bonds is 5. The Morgan fingerprint density at radius 2 is 2.14 bits per heavy atom. The van der Waals surface area contributed by atoms with Crippen LogP contribution in [0.1, 0.15) is 17.6 Å². The minimum absolute atomic E-state index is 0.0525. The molecule has 0 saturated heterocycles. The molecule has 114 valence electrons. The van der Waals surface area contributed by atoms with Crippen molar-refractivity contribution in [3.63, 3.8) is 0 Å². The molecule has 3 aromatic rings. The highest BCUT2D eigenvalue weighted by atomic mass is 79.9. The van der Waals surface area contributed by atoms with Gasteiger partial charge in [0.25, 0.3) is 0 Å². The second-order valence-electron chi connectivity index (χ2n) is 5.10. The molecule has 1 atom stereocenters. The minimum atomic E-state index is -0.0525. The summed E-state index contributed by atoms with van der Waals surface area (Å²) in [4.78, 5) is 4.43. The molecule has 0 spiro atoms. The third-order valence-electron chi connectivity index (χ3n) is 3.49. The molecular formula is C17H17BrN2O2. The van der Waals surface area contributed by atoms with E-state index in [1.165, 1.54) is 0 Å². The van der Waals surface area contributed by atoms with Gasteiger partial charge in [0.2, 0.25) is 0 Å². The van der Waals surface area contributed by atoms with Crippen LogP contribution in [0.3, 0.4) is 0 Å². The van der Waals surface area contributed by atoms with Gasteiger partial charge in [-0.15, -0.1) is 0 Å². The zero-order valence-corrected chi connectivity index (χ0v) is 14.1. The van der Waals surface area contributed by atoms with Gasteiger partial charge in [-0.25, -0.2) is 0 Å². The van der Waals surface area contributed by atoms with Crippen molar-refractivity contribution >= 4 is 32.5 Å². The monoisotopic (exact) mass is 360 g/mol. The molecule has 2 aromatic heterocycles. The number of hydrogen-bond donors (Lipinski definition) is 1. The van der Waals surface area contributed by atoms with Gasteiger partial charge in [-0.3, -0.25) is 4.98 Å². The van der Waals surface area contributed by atoms with Crippen molar-refractivity contribution in [2.45, 2.75) is 13.0 Å². The van der Waals surface area contributed by atoms with Crippen molar-refractivity contribution in [3.8, 4) is 0 Å². The zero-order valence-electron chi connectivity index (χ0n) is 12.5. The molecule has 0 fully saturated rings. The number of benzene rings is 1. The number of nitrogens with one attached hydrogen (secondary N) is 1. The Hall–Kier alpha value is -1.85. The number of pyridine rings is 1. The Kier molecular flexibility index (Phi) is 4.45. The number of aryl methyl sites for hydroxylation is 1. The lowest BCUT2D eigenvalue weighted by atomic mass is 10.1. The predicted molar refractivity (Wildman–Crippen MR) is 91.1 cm³/mol. The smallest absolute Gasteiger partial charge is 0.128 e. The van der Waals surface area contributed by atoms with E-state index in [-0.39, 0.29) is 6.04 Å². The second-order valence-corrected chi connectivity index (χ2v) is 5.95. The highest BCUT2D eigenvalue weighted by molar-refractivity contribution is 9.10. The number of nitrogens with zero attached hydrogens (tertiary/aromatic N) is 1.